The second kappa shape index (κ2) is 4.61. The predicted octanol–water partition coefficient (Wildman–Crippen LogP) is 2.77. The number of piperidine rings is 1. The van der Waals surface area contributed by atoms with E-state index in [-0.39, 0.29) is 0 Å². The second-order valence-corrected chi connectivity index (χ2v) is 4.34. The summed E-state index contributed by atoms with van der Waals surface area (Å²) in [4.78, 5) is 2.43. The largest absolute Gasteiger partial charge is 0.306 e. The van der Waals surface area contributed by atoms with E-state index in [1.54, 1.807) is 5.57 Å². The van der Waals surface area contributed by atoms with Gasteiger partial charge in [-0.2, -0.15) is 0 Å². The zero-order valence-corrected chi connectivity index (χ0v) is 8.95. The molecule has 14 heavy (non-hydrogen) atoms. The molecule has 0 aromatic carbocycles. The Kier molecular flexibility index (Phi) is 3.20. The molecule has 1 nitrogen and oxygen atoms in total. The monoisotopic (exact) mass is 189 g/mol. The standard InChI is InChI=1S/C13H19N/c1-14-10-8-13(9-11-14)12-6-4-2-3-5-7-12/h2-6,13H,7-11H2,1H3. The van der Waals surface area contributed by atoms with Gasteiger partial charge in [0.15, 0.2) is 0 Å². The molecule has 0 aromatic rings. The van der Waals surface area contributed by atoms with Crippen molar-refractivity contribution in [1.82, 2.24) is 4.90 Å². The van der Waals surface area contributed by atoms with E-state index in [0.29, 0.717) is 0 Å². The molecule has 1 heteroatoms. The molecule has 0 aromatic heterocycles. The van der Waals surface area contributed by atoms with Gasteiger partial charge in [-0.15, -0.1) is 0 Å². The smallest absolute Gasteiger partial charge is 0.00161 e. The highest BCUT2D eigenvalue weighted by Crippen LogP contribution is 2.27. The van der Waals surface area contributed by atoms with Crippen LogP contribution in [-0.4, -0.2) is 25.0 Å². The number of nitrogens with zero attached hydrogens (tertiary/aromatic N) is 1. The summed E-state index contributed by atoms with van der Waals surface area (Å²) in [5.41, 5.74) is 1.63. The molecule has 0 saturated carbocycles. The zero-order chi connectivity index (χ0) is 9.80. The van der Waals surface area contributed by atoms with Gasteiger partial charge in [0, 0.05) is 0 Å². The molecule has 0 spiro atoms. The third kappa shape index (κ3) is 2.36. The minimum Gasteiger partial charge on any atom is -0.306 e. The summed E-state index contributed by atoms with van der Waals surface area (Å²) in [6, 6.07) is 0. The van der Waals surface area contributed by atoms with Crippen LogP contribution in [0.2, 0.25) is 0 Å². The lowest BCUT2D eigenvalue weighted by Crippen LogP contribution is -2.30. The molecule has 0 unspecified atom stereocenters. The van der Waals surface area contributed by atoms with Gasteiger partial charge >= 0.3 is 0 Å². The van der Waals surface area contributed by atoms with Crippen LogP contribution in [0.5, 0.6) is 0 Å². The molecule has 1 heterocycles. The minimum atomic E-state index is 0.832. The summed E-state index contributed by atoms with van der Waals surface area (Å²) in [6.45, 7) is 2.52. The molecule has 0 N–H and O–H groups in total. The fraction of sp³-hybridized carbons (Fsp3) is 0.538. The maximum atomic E-state index is 2.43. The Morgan fingerprint density at radius 2 is 1.93 bits per heavy atom. The van der Waals surface area contributed by atoms with Gasteiger partial charge in [-0.1, -0.05) is 36.0 Å². The van der Waals surface area contributed by atoms with Crippen molar-refractivity contribution in [3.63, 3.8) is 0 Å². The fourth-order valence-electron chi connectivity index (χ4n) is 2.28. The average Bonchev–Trinajstić information content (AvgIpc) is 2.47. The maximum Gasteiger partial charge on any atom is -0.00161 e. The van der Waals surface area contributed by atoms with E-state index in [0.717, 1.165) is 12.3 Å². The molecule has 1 aliphatic heterocycles. The highest BCUT2D eigenvalue weighted by molar-refractivity contribution is 5.25. The van der Waals surface area contributed by atoms with Gasteiger partial charge in [-0.25, -0.2) is 0 Å². The van der Waals surface area contributed by atoms with Crippen LogP contribution in [0.3, 0.4) is 0 Å². The number of rotatable bonds is 1. The third-order valence-electron chi connectivity index (χ3n) is 3.27. The van der Waals surface area contributed by atoms with Crippen molar-refractivity contribution in [3.8, 4) is 0 Å². The lowest BCUT2D eigenvalue weighted by molar-refractivity contribution is 0.237. The van der Waals surface area contributed by atoms with Crippen LogP contribution < -0.4 is 0 Å². The quantitative estimate of drug-likeness (QED) is 0.613. The van der Waals surface area contributed by atoms with Crippen molar-refractivity contribution >= 4 is 0 Å². The Balaban J connectivity index is 1.98. The Bertz CT molecular complexity index is 265. The predicted molar refractivity (Wildman–Crippen MR) is 61.2 cm³/mol. The van der Waals surface area contributed by atoms with Crippen molar-refractivity contribution in [2.24, 2.45) is 5.92 Å². The van der Waals surface area contributed by atoms with E-state index < -0.39 is 0 Å². The van der Waals surface area contributed by atoms with Crippen molar-refractivity contribution in [1.29, 1.82) is 0 Å². The SMILES string of the molecule is CN1CCC(C2=CC=CC=CC2)CC1. The lowest BCUT2D eigenvalue weighted by atomic mass is 9.87. The molecule has 1 aliphatic carbocycles. The van der Waals surface area contributed by atoms with E-state index in [4.69, 9.17) is 0 Å². The van der Waals surface area contributed by atoms with E-state index in [1.807, 2.05) is 0 Å². The number of allylic oxidation sites excluding steroid dienone is 6. The molecule has 2 aliphatic rings. The first kappa shape index (κ1) is 9.72. The highest BCUT2D eigenvalue weighted by atomic mass is 15.1. The van der Waals surface area contributed by atoms with Gasteiger partial charge in [0.25, 0.3) is 0 Å². The van der Waals surface area contributed by atoms with Gasteiger partial charge in [0.1, 0.15) is 0 Å². The molecule has 0 bridgehead atoms. The number of hydrogen-bond acceptors (Lipinski definition) is 1. The molecule has 0 amide bonds. The van der Waals surface area contributed by atoms with E-state index >= 15 is 0 Å². The Morgan fingerprint density at radius 3 is 2.71 bits per heavy atom. The van der Waals surface area contributed by atoms with Crippen molar-refractivity contribution in [3.05, 3.63) is 36.0 Å². The summed E-state index contributed by atoms with van der Waals surface area (Å²) < 4.78 is 0. The Hall–Kier alpha value is -0.820. The Morgan fingerprint density at radius 1 is 1.14 bits per heavy atom. The molecule has 76 valence electrons. The lowest BCUT2D eigenvalue weighted by Gasteiger charge is -2.30. The summed E-state index contributed by atoms with van der Waals surface area (Å²) in [7, 11) is 2.22. The van der Waals surface area contributed by atoms with Crippen LogP contribution in [0.25, 0.3) is 0 Å². The van der Waals surface area contributed by atoms with Gasteiger partial charge in [0.05, 0.1) is 0 Å². The summed E-state index contributed by atoms with van der Waals surface area (Å²) in [5, 5.41) is 0. The molecule has 1 saturated heterocycles. The van der Waals surface area contributed by atoms with Crippen molar-refractivity contribution in [2.75, 3.05) is 20.1 Å². The second-order valence-electron chi connectivity index (χ2n) is 4.34. The molecule has 2 rings (SSSR count). The number of likely N-dealkylation sites (tertiary alicyclic amines) is 1. The van der Waals surface area contributed by atoms with Gasteiger partial charge in [-0.05, 0) is 45.3 Å². The summed E-state index contributed by atoms with van der Waals surface area (Å²) >= 11 is 0. The first-order chi connectivity index (χ1) is 6.86. The summed E-state index contributed by atoms with van der Waals surface area (Å²) in [6.07, 6.45) is 14.9. The van der Waals surface area contributed by atoms with Crippen LogP contribution in [0.4, 0.5) is 0 Å². The summed E-state index contributed by atoms with van der Waals surface area (Å²) in [5.74, 6) is 0.832. The van der Waals surface area contributed by atoms with Crippen LogP contribution in [0.1, 0.15) is 19.3 Å². The van der Waals surface area contributed by atoms with Crippen LogP contribution in [0, 0.1) is 5.92 Å². The zero-order valence-electron chi connectivity index (χ0n) is 8.95. The van der Waals surface area contributed by atoms with E-state index in [2.05, 4.69) is 42.3 Å². The van der Waals surface area contributed by atoms with E-state index in [1.165, 1.54) is 25.9 Å². The Labute approximate surface area is 86.8 Å². The topological polar surface area (TPSA) is 3.24 Å². The third-order valence-corrected chi connectivity index (χ3v) is 3.27. The van der Waals surface area contributed by atoms with Gasteiger partial charge in [-0.3, -0.25) is 0 Å². The molecule has 1 fully saturated rings. The first-order valence-corrected chi connectivity index (χ1v) is 5.57. The fourth-order valence-corrected chi connectivity index (χ4v) is 2.28. The maximum absolute atomic E-state index is 2.43. The normalized spacial score (nSPS) is 24.8. The van der Waals surface area contributed by atoms with Gasteiger partial charge in [0.2, 0.25) is 0 Å². The first-order valence-electron chi connectivity index (χ1n) is 5.57. The molecular formula is C13H19N. The van der Waals surface area contributed by atoms with Crippen molar-refractivity contribution in [2.45, 2.75) is 19.3 Å². The number of hydrogen-bond donors (Lipinski definition) is 0. The highest BCUT2D eigenvalue weighted by Gasteiger charge is 2.19. The molecular weight excluding hydrogens is 170 g/mol. The molecule has 0 atom stereocenters. The van der Waals surface area contributed by atoms with Crippen LogP contribution in [-0.2, 0) is 0 Å². The van der Waals surface area contributed by atoms with Gasteiger partial charge < -0.3 is 4.90 Å². The van der Waals surface area contributed by atoms with Crippen LogP contribution in [0.15, 0.2) is 36.0 Å². The van der Waals surface area contributed by atoms with Crippen LogP contribution >= 0.6 is 0 Å². The van der Waals surface area contributed by atoms with Crippen molar-refractivity contribution < 1.29 is 0 Å². The molecule has 0 radical (unpaired) electrons. The average molecular weight is 189 g/mol. The van der Waals surface area contributed by atoms with E-state index in [9.17, 15) is 0 Å². The minimum absolute atomic E-state index is 0.832.